The predicted molar refractivity (Wildman–Crippen MR) is 78.6 cm³/mol. The zero-order chi connectivity index (χ0) is 13.4. The number of carbonyl (C=O) groups is 1. The molecule has 0 N–H and O–H groups in total. The van der Waals surface area contributed by atoms with Gasteiger partial charge >= 0.3 is 64.3 Å². The molecule has 2 unspecified atom stereocenters. The van der Waals surface area contributed by atoms with Crippen LogP contribution in [0.1, 0.15) is 25.3 Å². The minimum absolute atomic E-state index is 0. The number of cyclic esters (lactones) is 1. The molecule has 0 saturated carbocycles. The fourth-order valence-electron chi connectivity index (χ4n) is 2.66. The van der Waals surface area contributed by atoms with Gasteiger partial charge in [0, 0.05) is 6.54 Å². The Kier molecular flexibility index (Phi) is 6.07. The summed E-state index contributed by atoms with van der Waals surface area (Å²) in [6.07, 6.45) is 3.12. The minimum Gasteiger partial charge on any atom is -0.445 e. The average Bonchev–Trinajstić information content (AvgIpc) is 2.62. The maximum atomic E-state index is 11.8. The van der Waals surface area contributed by atoms with Crippen LogP contribution < -0.4 is 67.8 Å². The van der Waals surface area contributed by atoms with E-state index in [1.807, 2.05) is 13.0 Å². The second-order valence-electron chi connectivity index (χ2n) is 5.19. The molecule has 2 atom stereocenters. The molecule has 0 bridgehead atoms. The van der Waals surface area contributed by atoms with E-state index in [0.29, 0.717) is 6.54 Å². The standard InChI is InChI=1S/C14H18N2O2P.Rb/c1-10-9-15(14(17)18-10)12-5-6-13-11(8-12)4-2-3-7-16(13)19;/h5,8,10H,2-4,7,9,19H2,1H3;/q-1;+1. The molecule has 1 aromatic rings. The van der Waals surface area contributed by atoms with Gasteiger partial charge in [-0.05, 0) is 22.7 Å². The number of carbonyl (C=O) groups excluding carboxylic acids is 1. The summed E-state index contributed by atoms with van der Waals surface area (Å²) in [7, 11) is 2.75. The molecule has 2 heterocycles. The van der Waals surface area contributed by atoms with Crippen LogP contribution in [0, 0.1) is 6.07 Å². The van der Waals surface area contributed by atoms with Crippen LogP contribution in [0.15, 0.2) is 12.1 Å². The Balaban J connectivity index is 0.00000147. The zero-order valence-electron chi connectivity index (χ0n) is 12.1. The van der Waals surface area contributed by atoms with Gasteiger partial charge in [-0.25, -0.2) is 4.79 Å². The van der Waals surface area contributed by atoms with Gasteiger partial charge in [-0.2, -0.15) is 12.1 Å². The zero-order valence-corrected chi connectivity index (χ0v) is 18.1. The molecule has 102 valence electrons. The van der Waals surface area contributed by atoms with Gasteiger partial charge in [-0.1, -0.05) is 24.2 Å². The third kappa shape index (κ3) is 3.46. The van der Waals surface area contributed by atoms with Crippen molar-refractivity contribution in [3.8, 4) is 0 Å². The first-order valence-electron chi connectivity index (χ1n) is 6.70. The van der Waals surface area contributed by atoms with E-state index in [9.17, 15) is 4.79 Å². The molecule has 4 nitrogen and oxygen atoms in total. The van der Waals surface area contributed by atoms with Crippen molar-refractivity contribution in [2.75, 3.05) is 22.7 Å². The fourth-order valence-corrected chi connectivity index (χ4v) is 3.09. The Labute approximate surface area is 171 Å². The topological polar surface area (TPSA) is 32.8 Å². The SMILES string of the molecule is CC1CN(c2c[c-]c3c(c2)CCCCN3P)C(=O)O1.[Rb+]. The summed E-state index contributed by atoms with van der Waals surface area (Å²) in [5.74, 6) is 0. The van der Waals surface area contributed by atoms with Crippen LogP contribution in [-0.4, -0.2) is 25.3 Å². The van der Waals surface area contributed by atoms with Crippen LogP contribution in [0.2, 0.25) is 0 Å². The smallest absolute Gasteiger partial charge is 0.445 e. The molecule has 0 spiro atoms. The Morgan fingerprint density at radius 3 is 2.95 bits per heavy atom. The summed E-state index contributed by atoms with van der Waals surface area (Å²) in [5.41, 5.74) is 3.29. The van der Waals surface area contributed by atoms with E-state index in [4.69, 9.17) is 4.74 Å². The Bertz CT molecular complexity index is 512. The first kappa shape index (κ1) is 16.9. The van der Waals surface area contributed by atoms with Gasteiger partial charge in [-0.15, -0.1) is 11.6 Å². The van der Waals surface area contributed by atoms with Crippen molar-refractivity contribution in [1.29, 1.82) is 0 Å². The van der Waals surface area contributed by atoms with Gasteiger partial charge in [0.05, 0.1) is 6.54 Å². The molecule has 0 aromatic heterocycles. The summed E-state index contributed by atoms with van der Waals surface area (Å²) >= 11 is 0. The molecule has 1 aromatic carbocycles. The van der Waals surface area contributed by atoms with Gasteiger partial charge in [0.2, 0.25) is 0 Å². The number of anilines is 2. The third-order valence-electron chi connectivity index (χ3n) is 3.64. The van der Waals surface area contributed by atoms with E-state index >= 15 is 0 Å². The third-order valence-corrected chi connectivity index (χ3v) is 4.16. The Hall–Kier alpha value is 0.525. The van der Waals surface area contributed by atoms with Crippen LogP contribution in [0.4, 0.5) is 16.2 Å². The van der Waals surface area contributed by atoms with E-state index in [1.165, 1.54) is 18.4 Å². The molecular formula is C14H18N2O2PRb. The number of rotatable bonds is 1. The van der Waals surface area contributed by atoms with E-state index in [-0.39, 0.29) is 70.4 Å². The molecule has 0 radical (unpaired) electrons. The van der Waals surface area contributed by atoms with Crippen molar-refractivity contribution in [1.82, 2.24) is 0 Å². The number of nitrogens with zero attached hydrogens (tertiary/aromatic N) is 2. The number of ether oxygens (including phenoxy) is 1. The van der Waals surface area contributed by atoms with E-state index in [1.54, 1.807) is 4.90 Å². The molecule has 20 heavy (non-hydrogen) atoms. The van der Waals surface area contributed by atoms with Gasteiger partial charge in [0.25, 0.3) is 0 Å². The van der Waals surface area contributed by atoms with Gasteiger partial charge in [0.15, 0.2) is 0 Å². The molecule has 2 aliphatic heterocycles. The average molecular weight is 363 g/mol. The molecule has 3 rings (SSSR count). The Morgan fingerprint density at radius 1 is 1.45 bits per heavy atom. The molecule has 1 fully saturated rings. The summed E-state index contributed by atoms with van der Waals surface area (Å²) in [5, 5.41) is 0. The number of hydrogen-bond donors (Lipinski definition) is 0. The van der Waals surface area contributed by atoms with E-state index < -0.39 is 0 Å². The number of hydrogen-bond acceptors (Lipinski definition) is 3. The molecule has 1 saturated heterocycles. The van der Waals surface area contributed by atoms with Crippen molar-refractivity contribution in [3.05, 3.63) is 23.8 Å². The molecule has 1 amide bonds. The Morgan fingerprint density at radius 2 is 2.25 bits per heavy atom. The van der Waals surface area contributed by atoms with E-state index in [0.717, 1.165) is 24.3 Å². The fraction of sp³-hybridized carbons (Fsp3) is 0.500. The van der Waals surface area contributed by atoms with Crippen molar-refractivity contribution in [3.63, 3.8) is 0 Å². The maximum Gasteiger partial charge on any atom is 1.00 e. The van der Waals surface area contributed by atoms with Crippen molar-refractivity contribution in [2.24, 2.45) is 0 Å². The largest absolute Gasteiger partial charge is 1.00 e. The first-order chi connectivity index (χ1) is 9.15. The molecule has 0 aliphatic carbocycles. The summed E-state index contributed by atoms with van der Waals surface area (Å²) < 4.78 is 7.34. The van der Waals surface area contributed by atoms with Gasteiger partial charge in [0.1, 0.15) is 6.10 Å². The van der Waals surface area contributed by atoms with Crippen molar-refractivity contribution >= 4 is 26.9 Å². The number of aryl methyl sites for hydroxylation is 1. The molecule has 2 aliphatic rings. The van der Waals surface area contributed by atoms with Crippen molar-refractivity contribution in [2.45, 2.75) is 32.3 Å². The van der Waals surface area contributed by atoms with Crippen LogP contribution in [-0.2, 0) is 11.2 Å². The maximum absolute atomic E-state index is 11.8. The first-order valence-corrected chi connectivity index (χ1v) is 7.22. The summed E-state index contributed by atoms with van der Waals surface area (Å²) in [6, 6.07) is 7.31. The second-order valence-corrected chi connectivity index (χ2v) is 5.81. The predicted octanol–water partition coefficient (Wildman–Crippen LogP) is -0.231. The second kappa shape index (κ2) is 7.19. The van der Waals surface area contributed by atoms with Crippen LogP contribution in [0.5, 0.6) is 0 Å². The normalized spacial score (nSPS) is 21.9. The summed E-state index contributed by atoms with van der Waals surface area (Å²) in [6.45, 7) is 3.57. The number of benzene rings is 1. The van der Waals surface area contributed by atoms with Crippen LogP contribution in [0.3, 0.4) is 0 Å². The van der Waals surface area contributed by atoms with Crippen LogP contribution in [0.25, 0.3) is 0 Å². The summed E-state index contributed by atoms with van der Waals surface area (Å²) in [4.78, 5) is 13.5. The molecular weight excluding hydrogens is 345 g/mol. The van der Waals surface area contributed by atoms with E-state index in [2.05, 4.69) is 26.2 Å². The monoisotopic (exact) mass is 362 g/mol. The van der Waals surface area contributed by atoms with Gasteiger partial charge in [-0.3, -0.25) is 0 Å². The minimum atomic E-state index is -0.253. The van der Waals surface area contributed by atoms with Crippen LogP contribution >= 0.6 is 9.39 Å². The number of fused-ring (bicyclic) bond motifs is 1. The quantitative estimate of drug-likeness (QED) is 0.511. The van der Waals surface area contributed by atoms with Gasteiger partial charge < -0.3 is 14.3 Å². The number of amides is 1. The molecule has 6 heteroatoms. The van der Waals surface area contributed by atoms with Crippen molar-refractivity contribution < 1.29 is 67.7 Å².